The molecule has 0 atom stereocenters. The predicted molar refractivity (Wildman–Crippen MR) is 59.3 cm³/mol. The van der Waals surface area contributed by atoms with Crippen LogP contribution in [0.5, 0.6) is 0 Å². The number of piperidine rings is 1. The fourth-order valence-corrected chi connectivity index (χ4v) is 1.71. The number of rotatable bonds is 1. The monoisotopic (exact) mass is 194 g/mol. The molecule has 1 saturated heterocycles. The van der Waals surface area contributed by atoms with Crippen molar-refractivity contribution in [2.45, 2.75) is 19.8 Å². The molecule has 0 radical (unpaired) electrons. The first-order chi connectivity index (χ1) is 8.00. The molecule has 1 fully saturated rings. The van der Waals surface area contributed by atoms with Gasteiger partial charge in [-0.1, -0.05) is 6.92 Å². The SMILES string of the molecule is [2H]c1nc(N)c([2H])c(N2CCC(C)CC2)c1[2H]. The van der Waals surface area contributed by atoms with Gasteiger partial charge in [0.15, 0.2) is 0 Å². The first-order valence-corrected chi connectivity index (χ1v) is 4.99. The molecular formula is C11H17N3. The van der Waals surface area contributed by atoms with E-state index in [9.17, 15) is 0 Å². The Kier molecular flexibility index (Phi) is 1.73. The lowest BCUT2D eigenvalue weighted by atomic mass is 9.99. The standard InChI is InChI=1S/C11H17N3/c1-9-3-6-14(7-4-9)10-2-5-13-11(12)8-10/h2,5,8-9H,3-4,6-7H2,1H3,(H2,12,13)/i2D,5D,8D. The maximum absolute atomic E-state index is 7.89. The van der Waals surface area contributed by atoms with Crippen molar-refractivity contribution in [3.8, 4) is 0 Å². The van der Waals surface area contributed by atoms with E-state index >= 15 is 0 Å². The van der Waals surface area contributed by atoms with E-state index in [0.29, 0.717) is 11.6 Å². The molecule has 1 aliphatic heterocycles. The van der Waals surface area contributed by atoms with Gasteiger partial charge in [0.25, 0.3) is 0 Å². The molecule has 3 nitrogen and oxygen atoms in total. The Morgan fingerprint density at radius 2 is 2.29 bits per heavy atom. The van der Waals surface area contributed by atoms with E-state index in [0.717, 1.165) is 25.9 Å². The Morgan fingerprint density at radius 3 is 3.00 bits per heavy atom. The predicted octanol–water partition coefficient (Wildman–Crippen LogP) is 1.90. The Hall–Kier alpha value is -1.25. The van der Waals surface area contributed by atoms with Crippen molar-refractivity contribution in [2.24, 2.45) is 5.92 Å². The highest BCUT2D eigenvalue weighted by atomic mass is 15.1. The van der Waals surface area contributed by atoms with Crippen LogP contribution in [-0.2, 0) is 0 Å². The summed E-state index contributed by atoms with van der Waals surface area (Å²) in [6.45, 7) is 3.85. The molecule has 0 amide bonds. The van der Waals surface area contributed by atoms with Crippen molar-refractivity contribution < 1.29 is 4.11 Å². The summed E-state index contributed by atoms with van der Waals surface area (Å²) in [6.07, 6.45) is 1.95. The van der Waals surface area contributed by atoms with E-state index in [1.807, 2.05) is 4.90 Å². The summed E-state index contributed by atoms with van der Waals surface area (Å²) in [5.41, 5.74) is 6.06. The number of nitrogens with two attached hydrogens (primary N) is 1. The van der Waals surface area contributed by atoms with Gasteiger partial charge in [-0.05, 0) is 24.8 Å². The van der Waals surface area contributed by atoms with Crippen molar-refractivity contribution in [1.29, 1.82) is 0 Å². The van der Waals surface area contributed by atoms with E-state index in [1.54, 1.807) is 0 Å². The van der Waals surface area contributed by atoms with Crippen molar-refractivity contribution in [3.63, 3.8) is 0 Å². The van der Waals surface area contributed by atoms with Gasteiger partial charge < -0.3 is 10.6 Å². The third-order valence-corrected chi connectivity index (χ3v) is 2.70. The van der Waals surface area contributed by atoms with Crippen molar-refractivity contribution in [3.05, 3.63) is 18.3 Å². The summed E-state index contributed by atoms with van der Waals surface area (Å²) in [5, 5.41) is 0. The molecule has 2 rings (SSSR count). The molecule has 0 unspecified atom stereocenters. The van der Waals surface area contributed by atoms with E-state index in [1.165, 1.54) is 0 Å². The van der Waals surface area contributed by atoms with Crippen LogP contribution in [0.25, 0.3) is 0 Å². The van der Waals surface area contributed by atoms with E-state index in [2.05, 4.69) is 11.9 Å². The zero-order valence-corrected chi connectivity index (χ0v) is 8.38. The van der Waals surface area contributed by atoms with Crippen LogP contribution in [0, 0.1) is 5.92 Å². The van der Waals surface area contributed by atoms with Gasteiger partial charge in [-0.3, -0.25) is 0 Å². The lowest BCUT2D eigenvalue weighted by Crippen LogP contribution is -2.32. The molecule has 2 N–H and O–H groups in total. The molecule has 14 heavy (non-hydrogen) atoms. The minimum Gasteiger partial charge on any atom is -0.384 e. The van der Waals surface area contributed by atoms with Crippen LogP contribution >= 0.6 is 0 Å². The Bertz CT molecular complexity index is 402. The number of anilines is 2. The number of aromatic nitrogens is 1. The summed E-state index contributed by atoms with van der Waals surface area (Å²) in [7, 11) is 0. The van der Waals surface area contributed by atoms with Gasteiger partial charge >= 0.3 is 0 Å². The van der Waals surface area contributed by atoms with Crippen molar-refractivity contribution >= 4 is 11.5 Å². The topological polar surface area (TPSA) is 42.1 Å². The number of pyridine rings is 1. The first kappa shape index (κ1) is 6.27. The van der Waals surface area contributed by atoms with Crippen LogP contribution in [0.3, 0.4) is 0 Å². The largest absolute Gasteiger partial charge is 0.384 e. The number of hydrogen-bond donors (Lipinski definition) is 1. The highest BCUT2D eigenvalue weighted by Crippen LogP contribution is 2.23. The van der Waals surface area contributed by atoms with Gasteiger partial charge in [0.2, 0.25) is 0 Å². The first-order valence-electron chi connectivity index (χ1n) is 6.49. The fourth-order valence-electron chi connectivity index (χ4n) is 1.71. The normalized spacial score (nSPS) is 21.5. The zero-order chi connectivity index (χ0) is 12.6. The smallest absolute Gasteiger partial charge is 0.125 e. The van der Waals surface area contributed by atoms with E-state index in [-0.39, 0.29) is 24.1 Å². The van der Waals surface area contributed by atoms with Gasteiger partial charge in [-0.15, -0.1) is 0 Å². The van der Waals surface area contributed by atoms with Crippen LogP contribution in [0.4, 0.5) is 11.5 Å². The maximum atomic E-state index is 7.89. The third-order valence-electron chi connectivity index (χ3n) is 2.70. The van der Waals surface area contributed by atoms with Crippen molar-refractivity contribution in [1.82, 2.24) is 4.98 Å². The molecule has 0 aromatic carbocycles. The Morgan fingerprint density at radius 1 is 1.57 bits per heavy atom. The van der Waals surface area contributed by atoms with Gasteiger partial charge in [0.1, 0.15) is 5.82 Å². The van der Waals surface area contributed by atoms with E-state index in [4.69, 9.17) is 9.85 Å². The summed E-state index contributed by atoms with van der Waals surface area (Å²) in [4.78, 5) is 5.67. The van der Waals surface area contributed by atoms with Crippen LogP contribution in [-0.4, -0.2) is 18.1 Å². The lowest BCUT2D eigenvalue weighted by molar-refractivity contribution is 0.438. The number of nitrogens with zero attached hydrogens (tertiary/aromatic N) is 2. The van der Waals surface area contributed by atoms with Crippen molar-refractivity contribution in [2.75, 3.05) is 23.7 Å². The third kappa shape index (κ3) is 1.97. The quantitative estimate of drug-likeness (QED) is 0.742. The highest BCUT2D eigenvalue weighted by Gasteiger charge is 2.15. The maximum Gasteiger partial charge on any atom is 0.125 e. The van der Waals surface area contributed by atoms with Crippen LogP contribution in [0.1, 0.15) is 23.9 Å². The lowest BCUT2D eigenvalue weighted by Gasteiger charge is -2.32. The second-order valence-corrected chi connectivity index (χ2v) is 3.88. The number of nitrogen functional groups attached to an aromatic ring is 1. The van der Waals surface area contributed by atoms with Gasteiger partial charge in [0.05, 0.1) is 4.11 Å². The Balaban J connectivity index is 2.37. The minimum absolute atomic E-state index is 0.0127. The molecule has 1 aromatic heterocycles. The summed E-state index contributed by atoms with van der Waals surface area (Å²) in [6, 6.07) is 0.0966. The molecule has 0 spiro atoms. The second-order valence-electron chi connectivity index (χ2n) is 3.88. The average molecular weight is 194 g/mol. The van der Waals surface area contributed by atoms with Gasteiger partial charge in [-0.25, -0.2) is 4.98 Å². The molecule has 3 heteroatoms. The van der Waals surface area contributed by atoms with Crippen LogP contribution in [0.2, 0.25) is 0 Å². The minimum atomic E-state index is -0.146. The van der Waals surface area contributed by atoms with E-state index < -0.39 is 0 Å². The molecule has 1 aromatic rings. The molecule has 1 aliphatic rings. The zero-order valence-electron chi connectivity index (χ0n) is 11.4. The second kappa shape index (κ2) is 3.86. The summed E-state index contributed by atoms with van der Waals surface area (Å²) in [5.74, 6) is 0.726. The van der Waals surface area contributed by atoms with Gasteiger partial charge in [0, 0.05) is 31.0 Å². The summed E-state index contributed by atoms with van der Waals surface area (Å²) >= 11 is 0. The highest BCUT2D eigenvalue weighted by molar-refractivity contribution is 5.52. The van der Waals surface area contributed by atoms with Crippen LogP contribution < -0.4 is 10.6 Å². The average Bonchev–Trinajstić information content (AvgIpc) is 2.29. The molecule has 0 aliphatic carbocycles. The molecular weight excluding hydrogens is 174 g/mol. The molecule has 0 bridgehead atoms. The van der Waals surface area contributed by atoms with Gasteiger partial charge in [-0.2, -0.15) is 0 Å². The van der Waals surface area contributed by atoms with Crippen LogP contribution in [0.15, 0.2) is 18.3 Å². The Labute approximate surface area is 89.1 Å². The fraction of sp³-hybridized carbons (Fsp3) is 0.545. The molecule has 76 valence electrons. The molecule has 2 heterocycles. The summed E-state index contributed by atoms with van der Waals surface area (Å²) < 4.78 is 23.3. The number of hydrogen-bond acceptors (Lipinski definition) is 3. The molecule has 0 saturated carbocycles.